The summed E-state index contributed by atoms with van der Waals surface area (Å²) in [7, 11) is 0. The first-order chi connectivity index (χ1) is 9.88. The number of nitro benzene ring substituents is 1. The second kappa shape index (κ2) is 5.67. The second-order valence-electron chi connectivity index (χ2n) is 3.84. The van der Waals surface area contributed by atoms with E-state index >= 15 is 0 Å². The molecule has 0 bridgehead atoms. The Morgan fingerprint density at radius 3 is 2.48 bits per heavy atom. The molecule has 108 valence electrons. The van der Waals surface area contributed by atoms with Gasteiger partial charge in [-0.1, -0.05) is 0 Å². The van der Waals surface area contributed by atoms with Crippen molar-refractivity contribution in [3.05, 3.63) is 56.0 Å². The fourth-order valence-electron chi connectivity index (χ4n) is 1.48. The quantitative estimate of drug-likeness (QED) is 0.666. The summed E-state index contributed by atoms with van der Waals surface area (Å²) in [5, 5.41) is 21.5. The van der Waals surface area contributed by atoms with E-state index in [1.165, 1.54) is 12.1 Å². The lowest BCUT2D eigenvalue weighted by atomic mass is 10.2. The number of rotatable bonds is 4. The van der Waals surface area contributed by atoms with Gasteiger partial charge in [0.1, 0.15) is 10.7 Å². The summed E-state index contributed by atoms with van der Waals surface area (Å²) in [6.45, 7) is 0. The lowest BCUT2D eigenvalue weighted by molar-refractivity contribution is -0.384. The Hall–Kier alpha value is -2.81. The highest BCUT2D eigenvalue weighted by molar-refractivity contribution is 7.15. The number of halogens is 1. The highest BCUT2D eigenvalue weighted by atomic mass is 32.1. The molecule has 0 unspecified atom stereocenters. The molecule has 9 heteroatoms. The molecule has 2 N–H and O–H groups in total. The van der Waals surface area contributed by atoms with Crippen LogP contribution in [0.15, 0.2) is 30.3 Å². The van der Waals surface area contributed by atoms with Gasteiger partial charge in [-0.05, 0) is 18.2 Å². The summed E-state index contributed by atoms with van der Waals surface area (Å²) in [6.07, 6.45) is 0. The van der Waals surface area contributed by atoms with Crippen LogP contribution in [-0.4, -0.2) is 21.9 Å². The number of hydrogen-bond donors (Lipinski definition) is 2. The fraction of sp³-hybridized carbons (Fsp3) is 0. The number of carbonyl (C=O) groups excluding carboxylic acids is 1. The van der Waals surface area contributed by atoms with Gasteiger partial charge in [0, 0.05) is 12.1 Å². The van der Waals surface area contributed by atoms with Crippen LogP contribution in [-0.2, 0) is 0 Å². The Morgan fingerprint density at radius 2 is 1.90 bits per heavy atom. The number of carbonyl (C=O) groups is 2. The minimum atomic E-state index is -1.18. The van der Waals surface area contributed by atoms with Crippen molar-refractivity contribution in [2.24, 2.45) is 0 Å². The van der Waals surface area contributed by atoms with Gasteiger partial charge in [0.05, 0.1) is 15.5 Å². The van der Waals surface area contributed by atoms with Crippen LogP contribution in [0.1, 0.15) is 19.3 Å². The van der Waals surface area contributed by atoms with E-state index in [0.29, 0.717) is 11.3 Å². The van der Waals surface area contributed by atoms with E-state index in [0.717, 1.165) is 18.2 Å². The first kappa shape index (κ1) is 14.6. The van der Waals surface area contributed by atoms with Crippen molar-refractivity contribution in [1.82, 2.24) is 0 Å². The summed E-state index contributed by atoms with van der Waals surface area (Å²) in [5.74, 6) is -2.75. The van der Waals surface area contributed by atoms with Crippen molar-refractivity contribution in [1.29, 1.82) is 0 Å². The average Bonchev–Trinajstić information content (AvgIpc) is 2.90. The van der Waals surface area contributed by atoms with Crippen LogP contribution in [0.4, 0.5) is 15.8 Å². The Balaban J connectivity index is 2.24. The normalized spacial score (nSPS) is 10.1. The zero-order chi connectivity index (χ0) is 15.6. The van der Waals surface area contributed by atoms with E-state index in [4.69, 9.17) is 5.11 Å². The largest absolute Gasteiger partial charge is 0.477 e. The van der Waals surface area contributed by atoms with E-state index in [-0.39, 0.29) is 21.1 Å². The standard InChI is InChI=1S/C12H7FN2O5S/c13-7-2-1-6(15(19)20)5-8(7)14-11(16)9-3-4-10(21-9)12(17)18/h1-5H,(H,14,16)(H,17,18). The topological polar surface area (TPSA) is 110 Å². The molecule has 0 saturated heterocycles. The zero-order valence-electron chi connectivity index (χ0n) is 10.2. The van der Waals surface area contributed by atoms with E-state index in [1.807, 2.05) is 0 Å². The third-order valence-electron chi connectivity index (χ3n) is 2.45. The van der Waals surface area contributed by atoms with Gasteiger partial charge in [-0.25, -0.2) is 9.18 Å². The van der Waals surface area contributed by atoms with E-state index in [9.17, 15) is 24.1 Å². The summed E-state index contributed by atoms with van der Waals surface area (Å²) in [6, 6.07) is 5.24. The number of amides is 1. The number of carboxylic acid groups (broad SMARTS) is 1. The molecule has 0 fully saturated rings. The molecule has 0 atom stereocenters. The lowest BCUT2D eigenvalue weighted by Gasteiger charge is -2.04. The predicted molar refractivity (Wildman–Crippen MR) is 72.3 cm³/mol. The number of hydrogen-bond acceptors (Lipinski definition) is 5. The van der Waals surface area contributed by atoms with Gasteiger partial charge in [-0.2, -0.15) is 0 Å². The number of thiophene rings is 1. The molecule has 0 radical (unpaired) electrons. The molecule has 0 saturated carbocycles. The van der Waals surface area contributed by atoms with Crippen molar-refractivity contribution >= 4 is 34.6 Å². The van der Waals surface area contributed by atoms with Crippen LogP contribution in [0.5, 0.6) is 0 Å². The number of non-ortho nitro benzene ring substituents is 1. The van der Waals surface area contributed by atoms with E-state index in [1.54, 1.807) is 0 Å². The van der Waals surface area contributed by atoms with Crippen LogP contribution < -0.4 is 5.32 Å². The fourth-order valence-corrected chi connectivity index (χ4v) is 2.22. The molecular formula is C12H7FN2O5S. The molecule has 1 aromatic heterocycles. The molecule has 1 amide bonds. The molecule has 0 aliphatic heterocycles. The number of carboxylic acids is 1. The van der Waals surface area contributed by atoms with Gasteiger partial charge < -0.3 is 10.4 Å². The number of aromatic carboxylic acids is 1. The predicted octanol–water partition coefficient (Wildman–Crippen LogP) is 2.75. The summed E-state index contributed by atoms with van der Waals surface area (Å²) in [4.78, 5) is 32.5. The van der Waals surface area contributed by atoms with Crippen LogP contribution in [0, 0.1) is 15.9 Å². The first-order valence-corrected chi connectivity index (χ1v) is 6.28. The number of nitrogens with zero attached hydrogens (tertiary/aromatic N) is 1. The second-order valence-corrected chi connectivity index (χ2v) is 4.93. The smallest absolute Gasteiger partial charge is 0.345 e. The average molecular weight is 310 g/mol. The first-order valence-electron chi connectivity index (χ1n) is 5.47. The summed E-state index contributed by atoms with van der Waals surface area (Å²) in [5.41, 5.74) is -0.719. The lowest BCUT2D eigenvalue weighted by Crippen LogP contribution is -2.11. The number of anilines is 1. The van der Waals surface area contributed by atoms with Gasteiger partial charge in [0.2, 0.25) is 0 Å². The summed E-state index contributed by atoms with van der Waals surface area (Å²) < 4.78 is 13.5. The van der Waals surface area contributed by atoms with Crippen molar-refractivity contribution < 1.29 is 24.0 Å². The molecular weight excluding hydrogens is 303 g/mol. The van der Waals surface area contributed by atoms with Gasteiger partial charge >= 0.3 is 5.97 Å². The monoisotopic (exact) mass is 310 g/mol. The Labute approximate surface area is 120 Å². The Bertz CT molecular complexity index is 743. The van der Waals surface area contributed by atoms with Crippen molar-refractivity contribution in [2.45, 2.75) is 0 Å². The third kappa shape index (κ3) is 3.20. The van der Waals surface area contributed by atoms with E-state index < -0.39 is 22.6 Å². The molecule has 2 rings (SSSR count). The molecule has 1 aromatic carbocycles. The molecule has 0 aliphatic rings. The van der Waals surface area contributed by atoms with Crippen LogP contribution in [0.3, 0.4) is 0 Å². The molecule has 0 aliphatic carbocycles. The maximum atomic E-state index is 13.5. The van der Waals surface area contributed by atoms with Gasteiger partial charge in [0.15, 0.2) is 0 Å². The van der Waals surface area contributed by atoms with Crippen LogP contribution in [0.2, 0.25) is 0 Å². The molecule has 7 nitrogen and oxygen atoms in total. The van der Waals surface area contributed by atoms with E-state index in [2.05, 4.69) is 5.32 Å². The van der Waals surface area contributed by atoms with Crippen LogP contribution in [0.25, 0.3) is 0 Å². The minimum Gasteiger partial charge on any atom is -0.477 e. The molecule has 1 heterocycles. The van der Waals surface area contributed by atoms with Crippen molar-refractivity contribution in [3.63, 3.8) is 0 Å². The van der Waals surface area contributed by atoms with Gasteiger partial charge in [-0.3, -0.25) is 14.9 Å². The van der Waals surface area contributed by atoms with Crippen molar-refractivity contribution in [3.8, 4) is 0 Å². The van der Waals surface area contributed by atoms with Gasteiger partial charge in [0.25, 0.3) is 11.6 Å². The minimum absolute atomic E-state index is 0.0420. The van der Waals surface area contributed by atoms with Crippen LogP contribution >= 0.6 is 11.3 Å². The number of nitro groups is 1. The molecule has 21 heavy (non-hydrogen) atoms. The molecule has 0 spiro atoms. The van der Waals surface area contributed by atoms with Crippen molar-refractivity contribution in [2.75, 3.05) is 5.32 Å². The zero-order valence-corrected chi connectivity index (χ0v) is 11.0. The number of benzene rings is 1. The Morgan fingerprint density at radius 1 is 1.24 bits per heavy atom. The maximum absolute atomic E-state index is 13.5. The SMILES string of the molecule is O=C(O)c1ccc(C(=O)Nc2cc([N+](=O)[O-])ccc2F)s1. The highest BCUT2D eigenvalue weighted by Crippen LogP contribution is 2.23. The Kier molecular flexibility index (Phi) is 3.94. The molecule has 2 aromatic rings. The van der Waals surface area contributed by atoms with Gasteiger partial charge in [-0.15, -0.1) is 11.3 Å². The number of nitrogens with one attached hydrogen (secondary N) is 1. The third-order valence-corrected chi connectivity index (χ3v) is 3.52. The summed E-state index contributed by atoms with van der Waals surface area (Å²) >= 11 is 0.717. The highest BCUT2D eigenvalue weighted by Gasteiger charge is 2.16. The maximum Gasteiger partial charge on any atom is 0.345 e.